The molecule has 0 saturated heterocycles. The number of anilines is 1. The molecule has 2 aromatic heterocycles. The zero-order valence-corrected chi connectivity index (χ0v) is 18.0. The van der Waals surface area contributed by atoms with E-state index in [1.807, 2.05) is 30.3 Å². The van der Waals surface area contributed by atoms with E-state index in [1.165, 1.54) is 18.4 Å². The lowest BCUT2D eigenvalue weighted by atomic mass is 10.2. The second-order valence-electron chi connectivity index (χ2n) is 7.26. The molecule has 1 aliphatic rings. The van der Waals surface area contributed by atoms with Crippen molar-refractivity contribution in [1.29, 1.82) is 0 Å². The molecule has 8 nitrogen and oxygen atoms in total. The Bertz CT molecular complexity index is 1330. The van der Waals surface area contributed by atoms with Gasteiger partial charge in [0.2, 0.25) is 20.7 Å². The summed E-state index contributed by atoms with van der Waals surface area (Å²) in [4.78, 5) is 6.06. The van der Waals surface area contributed by atoms with Crippen LogP contribution in [-0.2, 0) is 16.4 Å². The van der Waals surface area contributed by atoms with Crippen LogP contribution in [0.5, 0.6) is 11.5 Å². The summed E-state index contributed by atoms with van der Waals surface area (Å²) < 4.78 is 49.5. The molecule has 164 valence electrons. The van der Waals surface area contributed by atoms with Gasteiger partial charge in [-0.1, -0.05) is 30.3 Å². The fourth-order valence-corrected chi connectivity index (χ4v) is 4.81. The maximum Gasteiger partial charge on any atom is 0.266 e. The zero-order valence-electron chi connectivity index (χ0n) is 17.2. The molecule has 2 aromatic carbocycles. The van der Waals surface area contributed by atoms with E-state index in [9.17, 15) is 8.42 Å². The van der Waals surface area contributed by atoms with Gasteiger partial charge in [-0.3, -0.25) is 0 Å². The van der Waals surface area contributed by atoms with Crippen molar-refractivity contribution in [3.63, 3.8) is 0 Å². The lowest BCUT2D eigenvalue weighted by Crippen LogP contribution is -2.19. The van der Waals surface area contributed by atoms with Crippen LogP contribution in [-0.4, -0.2) is 33.7 Å². The van der Waals surface area contributed by atoms with Crippen molar-refractivity contribution in [3.05, 3.63) is 72.5 Å². The predicted molar refractivity (Wildman–Crippen MR) is 116 cm³/mol. The average molecular weight is 452 g/mol. The number of furan rings is 1. The Kier molecular flexibility index (Phi) is 5.10. The molecule has 5 rings (SSSR count). The lowest BCUT2D eigenvalue weighted by molar-refractivity contribution is 0.171. The van der Waals surface area contributed by atoms with E-state index in [1.54, 1.807) is 30.1 Å². The Balaban J connectivity index is 1.58. The van der Waals surface area contributed by atoms with E-state index in [2.05, 4.69) is 4.98 Å². The summed E-state index contributed by atoms with van der Waals surface area (Å²) in [7, 11) is -2.28. The highest BCUT2D eigenvalue weighted by atomic mass is 32.2. The molecular weight excluding hydrogens is 432 g/mol. The third-order valence-electron chi connectivity index (χ3n) is 5.00. The first-order chi connectivity index (χ1) is 15.5. The number of sulfone groups is 1. The minimum atomic E-state index is -4.03. The molecule has 0 saturated carbocycles. The quantitative estimate of drug-likeness (QED) is 0.430. The normalized spacial score (nSPS) is 13.2. The number of fused-ring (bicyclic) bond motifs is 1. The van der Waals surface area contributed by atoms with Crippen LogP contribution < -0.4 is 14.4 Å². The number of oxazole rings is 1. The summed E-state index contributed by atoms with van der Waals surface area (Å²) >= 11 is 0. The molecule has 9 heteroatoms. The van der Waals surface area contributed by atoms with Crippen molar-refractivity contribution in [2.24, 2.45) is 0 Å². The van der Waals surface area contributed by atoms with Crippen LogP contribution >= 0.6 is 0 Å². The first kappa shape index (κ1) is 20.2. The van der Waals surface area contributed by atoms with E-state index in [0.29, 0.717) is 37.0 Å². The number of benzene rings is 2. The van der Waals surface area contributed by atoms with Crippen LogP contribution in [0.25, 0.3) is 11.7 Å². The molecule has 3 heterocycles. The van der Waals surface area contributed by atoms with Gasteiger partial charge in [0.05, 0.1) is 11.2 Å². The van der Waals surface area contributed by atoms with Crippen molar-refractivity contribution in [1.82, 2.24) is 4.98 Å². The predicted octanol–water partition coefficient (Wildman–Crippen LogP) is 4.18. The van der Waals surface area contributed by atoms with Gasteiger partial charge in [0, 0.05) is 19.7 Å². The summed E-state index contributed by atoms with van der Waals surface area (Å²) in [5, 5.41) is -0.195. The molecular formula is C23H20N2O6S. The maximum atomic E-state index is 13.6. The zero-order chi connectivity index (χ0) is 22.1. The SMILES string of the molecule is CN(Cc1ccccc1)c1oc(-c2ccco2)nc1S(=O)(=O)c1ccc2c(c1)OCCO2. The standard InChI is InChI=1S/C23H20N2O6S/c1-25(15-16-6-3-2-4-7-16)23-22(24-21(31-23)19-8-5-11-28-19)32(26,27)17-9-10-18-20(14-17)30-13-12-29-18/h2-11,14H,12-13,15H2,1H3. The third-order valence-corrected chi connectivity index (χ3v) is 6.65. The van der Waals surface area contributed by atoms with Gasteiger partial charge in [0.25, 0.3) is 5.89 Å². The van der Waals surface area contributed by atoms with Crippen LogP contribution in [0.2, 0.25) is 0 Å². The molecule has 4 aromatic rings. The molecule has 0 amide bonds. The fourth-order valence-electron chi connectivity index (χ4n) is 3.45. The number of rotatable bonds is 6. The van der Waals surface area contributed by atoms with E-state index >= 15 is 0 Å². The second kappa shape index (κ2) is 8.08. The molecule has 0 fully saturated rings. The van der Waals surface area contributed by atoms with Gasteiger partial charge < -0.3 is 23.2 Å². The second-order valence-corrected chi connectivity index (χ2v) is 9.12. The molecule has 0 aliphatic carbocycles. The average Bonchev–Trinajstić information content (AvgIpc) is 3.50. The van der Waals surface area contributed by atoms with E-state index in [4.69, 9.17) is 18.3 Å². The topological polar surface area (TPSA) is 95.0 Å². The lowest BCUT2D eigenvalue weighted by Gasteiger charge is -2.19. The number of hydrogen-bond donors (Lipinski definition) is 0. The number of aromatic nitrogens is 1. The molecule has 32 heavy (non-hydrogen) atoms. The number of nitrogens with zero attached hydrogens (tertiary/aromatic N) is 2. The number of hydrogen-bond acceptors (Lipinski definition) is 8. The van der Waals surface area contributed by atoms with Gasteiger partial charge in [-0.15, -0.1) is 0 Å². The molecule has 0 N–H and O–H groups in total. The summed E-state index contributed by atoms with van der Waals surface area (Å²) in [6, 6.07) is 17.5. The minimum Gasteiger partial charge on any atom is -0.486 e. The Morgan fingerprint density at radius 3 is 2.50 bits per heavy atom. The van der Waals surface area contributed by atoms with Crippen molar-refractivity contribution in [2.45, 2.75) is 16.5 Å². The van der Waals surface area contributed by atoms with Crippen LogP contribution in [0.1, 0.15) is 5.56 Å². The smallest absolute Gasteiger partial charge is 0.266 e. The molecule has 0 atom stereocenters. The summed E-state index contributed by atoms with van der Waals surface area (Å²) in [6.07, 6.45) is 1.47. The molecule has 0 spiro atoms. The van der Waals surface area contributed by atoms with Crippen LogP contribution in [0, 0.1) is 0 Å². The highest BCUT2D eigenvalue weighted by molar-refractivity contribution is 7.91. The van der Waals surface area contributed by atoms with Crippen LogP contribution in [0.4, 0.5) is 5.88 Å². The summed E-state index contributed by atoms with van der Waals surface area (Å²) in [5.74, 6) is 1.43. The highest BCUT2D eigenvalue weighted by Gasteiger charge is 2.32. The van der Waals surface area contributed by atoms with Crippen molar-refractivity contribution < 1.29 is 26.7 Å². The molecule has 0 radical (unpaired) electrons. The van der Waals surface area contributed by atoms with E-state index in [0.717, 1.165) is 5.56 Å². The van der Waals surface area contributed by atoms with Gasteiger partial charge in [-0.2, -0.15) is 4.98 Å². The molecule has 0 unspecified atom stereocenters. The Morgan fingerprint density at radius 1 is 0.969 bits per heavy atom. The maximum absolute atomic E-state index is 13.6. The van der Waals surface area contributed by atoms with Gasteiger partial charge in [-0.05, 0) is 29.8 Å². The summed E-state index contributed by atoms with van der Waals surface area (Å²) in [5.41, 5.74) is 0.994. The summed E-state index contributed by atoms with van der Waals surface area (Å²) in [6.45, 7) is 1.20. The van der Waals surface area contributed by atoms with Crippen LogP contribution in [0.15, 0.2) is 85.7 Å². The fraction of sp³-hybridized carbons (Fsp3) is 0.174. The van der Waals surface area contributed by atoms with Gasteiger partial charge in [0.1, 0.15) is 13.2 Å². The highest BCUT2D eigenvalue weighted by Crippen LogP contribution is 2.38. The van der Waals surface area contributed by atoms with Crippen LogP contribution in [0.3, 0.4) is 0 Å². The van der Waals surface area contributed by atoms with Gasteiger partial charge >= 0.3 is 0 Å². The Morgan fingerprint density at radius 2 is 1.75 bits per heavy atom. The molecule has 0 bridgehead atoms. The molecule has 1 aliphatic heterocycles. The third kappa shape index (κ3) is 3.71. The van der Waals surface area contributed by atoms with Crippen molar-refractivity contribution >= 4 is 15.7 Å². The Hall–Kier alpha value is -3.72. The van der Waals surface area contributed by atoms with Crippen molar-refractivity contribution in [3.8, 4) is 23.1 Å². The first-order valence-electron chi connectivity index (χ1n) is 9.97. The van der Waals surface area contributed by atoms with E-state index in [-0.39, 0.29) is 21.7 Å². The van der Waals surface area contributed by atoms with E-state index < -0.39 is 9.84 Å². The van der Waals surface area contributed by atoms with Gasteiger partial charge in [0.15, 0.2) is 17.3 Å². The van der Waals surface area contributed by atoms with Gasteiger partial charge in [-0.25, -0.2) is 8.42 Å². The van der Waals surface area contributed by atoms with Crippen molar-refractivity contribution in [2.75, 3.05) is 25.2 Å². The monoisotopic (exact) mass is 452 g/mol. The first-order valence-corrected chi connectivity index (χ1v) is 11.5. The minimum absolute atomic E-state index is 0.0374. The Labute approximate surface area is 184 Å². The largest absolute Gasteiger partial charge is 0.486 e. The number of ether oxygens (including phenoxy) is 2.